The van der Waals surface area contributed by atoms with Crippen LogP contribution in [0, 0.1) is 5.92 Å². The molecule has 1 aliphatic rings. The molecule has 0 saturated heterocycles. The van der Waals surface area contributed by atoms with Crippen molar-refractivity contribution in [2.45, 2.75) is 19.4 Å². The fraction of sp³-hybridized carbons (Fsp3) is 0.0889. The molecule has 0 bridgehead atoms. The van der Waals surface area contributed by atoms with Gasteiger partial charge in [0.2, 0.25) is 0 Å². The molecule has 49 heavy (non-hydrogen) atoms. The Hall–Kier alpha value is -6.13. The van der Waals surface area contributed by atoms with Crippen molar-refractivity contribution in [3.05, 3.63) is 174 Å². The highest BCUT2D eigenvalue weighted by molar-refractivity contribution is 6.16. The second-order valence-corrected chi connectivity index (χ2v) is 12.7. The monoisotopic (exact) mass is 631 g/mol. The molecular formula is C45H33N3O. The Morgan fingerprint density at radius 1 is 0.551 bits per heavy atom. The van der Waals surface area contributed by atoms with Crippen molar-refractivity contribution in [2.75, 3.05) is 0 Å². The summed E-state index contributed by atoms with van der Waals surface area (Å²) in [4.78, 5) is 15.4. The van der Waals surface area contributed by atoms with E-state index in [4.69, 9.17) is 19.4 Å². The highest BCUT2D eigenvalue weighted by atomic mass is 16.3. The molecule has 3 heterocycles. The van der Waals surface area contributed by atoms with Gasteiger partial charge in [0.25, 0.3) is 0 Å². The zero-order valence-electron chi connectivity index (χ0n) is 27.1. The third kappa shape index (κ3) is 5.32. The summed E-state index contributed by atoms with van der Waals surface area (Å²) in [6, 6.07) is 54.9. The lowest BCUT2D eigenvalue weighted by molar-refractivity contribution is 0.532. The molecule has 0 radical (unpaired) electrons. The summed E-state index contributed by atoms with van der Waals surface area (Å²) in [5.74, 6) is 0.903. The van der Waals surface area contributed by atoms with Crippen LogP contribution in [-0.4, -0.2) is 16.5 Å². The Bertz CT molecular complexity index is 2530. The maximum atomic E-state index is 6.59. The quantitative estimate of drug-likeness (QED) is 0.183. The van der Waals surface area contributed by atoms with Crippen LogP contribution in [0.2, 0.25) is 0 Å². The van der Waals surface area contributed by atoms with Crippen molar-refractivity contribution in [1.29, 1.82) is 0 Å². The van der Waals surface area contributed by atoms with Gasteiger partial charge in [-0.1, -0.05) is 122 Å². The minimum Gasteiger partial charge on any atom is -0.456 e. The summed E-state index contributed by atoms with van der Waals surface area (Å²) in [5.41, 5.74) is 11.4. The Labute approximate surface area is 285 Å². The largest absolute Gasteiger partial charge is 0.456 e. The van der Waals surface area contributed by atoms with E-state index < -0.39 is 0 Å². The lowest BCUT2D eigenvalue weighted by Gasteiger charge is -2.29. The summed E-state index contributed by atoms with van der Waals surface area (Å²) in [5, 5.41) is 3.31. The first-order valence-electron chi connectivity index (χ1n) is 16.9. The van der Waals surface area contributed by atoms with E-state index in [9.17, 15) is 0 Å². The molecule has 9 rings (SSSR count). The molecule has 0 saturated carbocycles. The third-order valence-electron chi connectivity index (χ3n) is 9.69. The van der Waals surface area contributed by atoms with Crippen LogP contribution in [0.5, 0.6) is 0 Å². The number of amidine groups is 1. The molecule has 0 amide bonds. The molecule has 0 N–H and O–H groups in total. The van der Waals surface area contributed by atoms with E-state index in [-0.39, 0.29) is 12.0 Å². The van der Waals surface area contributed by atoms with E-state index in [2.05, 4.69) is 128 Å². The van der Waals surface area contributed by atoms with Crippen LogP contribution in [0.15, 0.2) is 172 Å². The number of aliphatic imine (C=N–C) groups is 2. The lowest BCUT2D eigenvalue weighted by atomic mass is 9.83. The predicted molar refractivity (Wildman–Crippen MR) is 202 cm³/mol. The van der Waals surface area contributed by atoms with Gasteiger partial charge in [0.15, 0.2) is 5.84 Å². The number of fused-ring (bicyclic) bond motifs is 4. The lowest BCUT2D eigenvalue weighted by Crippen LogP contribution is -2.28. The van der Waals surface area contributed by atoms with Crippen molar-refractivity contribution in [1.82, 2.24) is 4.98 Å². The molecule has 234 valence electrons. The molecule has 2 atom stereocenters. The smallest absolute Gasteiger partial charge is 0.155 e. The first-order chi connectivity index (χ1) is 24.2. The summed E-state index contributed by atoms with van der Waals surface area (Å²) in [7, 11) is 0. The molecular weight excluding hydrogens is 599 g/mol. The summed E-state index contributed by atoms with van der Waals surface area (Å²) >= 11 is 0. The molecule has 4 nitrogen and oxygen atoms in total. The number of nitrogens with zero attached hydrogens (tertiary/aromatic N) is 3. The fourth-order valence-corrected chi connectivity index (χ4v) is 7.17. The van der Waals surface area contributed by atoms with Gasteiger partial charge in [0.1, 0.15) is 11.2 Å². The standard InChI is InChI=1S/C45H33N3O/c1-2-36-43(30-14-8-4-9-15-30)47-45(31-16-10-5-11-17-31)48-44(36)35-19-23-38-37-22-18-33(27-41(37)49-42(38)28-35)32-20-24-40-34(26-32)21-25-39(46-40)29-12-6-3-7-13-29/h3-28,36,43H,2H2,1H3. The van der Waals surface area contributed by atoms with Crippen LogP contribution in [0.1, 0.15) is 36.1 Å². The van der Waals surface area contributed by atoms with Crippen molar-refractivity contribution in [3.8, 4) is 22.4 Å². The van der Waals surface area contributed by atoms with E-state index in [1.807, 2.05) is 36.4 Å². The van der Waals surface area contributed by atoms with Crippen LogP contribution in [0.3, 0.4) is 0 Å². The zero-order chi connectivity index (χ0) is 32.7. The van der Waals surface area contributed by atoms with Crippen LogP contribution in [0.4, 0.5) is 0 Å². The fourth-order valence-electron chi connectivity index (χ4n) is 7.17. The number of furan rings is 1. The molecule has 8 aromatic rings. The Morgan fingerprint density at radius 2 is 1.16 bits per heavy atom. The average molecular weight is 632 g/mol. The molecule has 0 aliphatic carbocycles. The van der Waals surface area contributed by atoms with Crippen molar-refractivity contribution >= 4 is 44.4 Å². The number of pyridine rings is 1. The normalized spacial score (nSPS) is 16.2. The number of rotatable bonds is 6. The molecule has 1 aliphatic heterocycles. The van der Waals surface area contributed by atoms with Crippen LogP contribution in [0.25, 0.3) is 55.2 Å². The summed E-state index contributed by atoms with van der Waals surface area (Å²) in [6.45, 7) is 2.23. The minimum absolute atomic E-state index is 0.0232. The topological polar surface area (TPSA) is 50.8 Å². The van der Waals surface area contributed by atoms with E-state index in [1.165, 1.54) is 5.56 Å². The van der Waals surface area contributed by atoms with E-state index >= 15 is 0 Å². The van der Waals surface area contributed by atoms with Gasteiger partial charge in [-0.3, -0.25) is 4.99 Å². The Kier molecular flexibility index (Phi) is 7.20. The molecule has 4 heteroatoms. The van der Waals surface area contributed by atoms with Gasteiger partial charge in [-0.05, 0) is 65.6 Å². The van der Waals surface area contributed by atoms with Crippen LogP contribution < -0.4 is 0 Å². The van der Waals surface area contributed by atoms with Gasteiger partial charge < -0.3 is 4.42 Å². The molecule has 0 spiro atoms. The number of hydrogen-bond donors (Lipinski definition) is 0. The number of benzene rings is 6. The van der Waals surface area contributed by atoms with Gasteiger partial charge >= 0.3 is 0 Å². The van der Waals surface area contributed by atoms with Gasteiger partial charge in [-0.15, -0.1) is 0 Å². The highest BCUT2D eigenvalue weighted by Crippen LogP contribution is 2.38. The van der Waals surface area contributed by atoms with E-state index in [0.29, 0.717) is 0 Å². The van der Waals surface area contributed by atoms with Crippen molar-refractivity contribution in [2.24, 2.45) is 15.9 Å². The second-order valence-electron chi connectivity index (χ2n) is 12.7. The number of aromatic nitrogens is 1. The van der Waals surface area contributed by atoms with E-state index in [1.54, 1.807) is 0 Å². The first-order valence-corrected chi connectivity index (χ1v) is 16.9. The van der Waals surface area contributed by atoms with Gasteiger partial charge in [-0.25, -0.2) is 9.98 Å². The zero-order valence-corrected chi connectivity index (χ0v) is 27.1. The van der Waals surface area contributed by atoms with Crippen molar-refractivity contribution < 1.29 is 4.42 Å². The van der Waals surface area contributed by atoms with Crippen LogP contribution >= 0.6 is 0 Å². The summed E-state index contributed by atoms with van der Waals surface area (Å²) in [6.07, 6.45) is 0.917. The Morgan fingerprint density at radius 3 is 1.88 bits per heavy atom. The third-order valence-corrected chi connectivity index (χ3v) is 9.69. The minimum atomic E-state index is -0.0232. The predicted octanol–water partition coefficient (Wildman–Crippen LogP) is 11.5. The molecule has 6 aromatic carbocycles. The maximum absolute atomic E-state index is 6.59. The highest BCUT2D eigenvalue weighted by Gasteiger charge is 2.32. The Balaban J connectivity index is 1.09. The van der Waals surface area contributed by atoms with Gasteiger partial charge in [0, 0.05) is 38.8 Å². The molecule has 2 aromatic heterocycles. The second kappa shape index (κ2) is 12.1. The molecule has 0 fully saturated rings. The SMILES string of the molecule is CCC1C(c2ccc3c(c2)oc2cc(-c4ccc5nc(-c6ccccc6)ccc5c4)ccc23)=NC(c2ccccc2)=NC1c1ccccc1. The van der Waals surface area contributed by atoms with E-state index in [0.717, 1.165) is 84.3 Å². The van der Waals surface area contributed by atoms with Crippen molar-refractivity contribution in [3.63, 3.8) is 0 Å². The average Bonchev–Trinajstić information content (AvgIpc) is 3.55. The van der Waals surface area contributed by atoms with Gasteiger partial charge in [0.05, 0.1) is 23.0 Å². The number of hydrogen-bond acceptors (Lipinski definition) is 4. The summed E-state index contributed by atoms with van der Waals surface area (Å²) < 4.78 is 6.59. The maximum Gasteiger partial charge on any atom is 0.155 e. The first kappa shape index (κ1) is 29.0. The van der Waals surface area contributed by atoms with Crippen LogP contribution in [-0.2, 0) is 0 Å². The molecule has 2 unspecified atom stereocenters. The van der Waals surface area contributed by atoms with Gasteiger partial charge in [-0.2, -0.15) is 0 Å².